The number of carboxylic acid groups (broad SMARTS) is 1. The van der Waals surface area contributed by atoms with Crippen molar-refractivity contribution in [3.63, 3.8) is 0 Å². The number of rotatable bonds is 11. The number of nitrogen functional groups attached to an aromatic ring is 2. The first-order valence-corrected chi connectivity index (χ1v) is 10.5. The Morgan fingerprint density at radius 3 is 1.96 bits per heavy atom. The first-order chi connectivity index (χ1) is 13.5. The summed E-state index contributed by atoms with van der Waals surface area (Å²) in [6.45, 7) is 2.23. The number of nitrogens with two attached hydrogens (primary N) is 2. The van der Waals surface area contributed by atoms with Gasteiger partial charge in [-0.1, -0.05) is 88.6 Å². The van der Waals surface area contributed by atoms with Crippen LogP contribution in [0.4, 0.5) is 11.4 Å². The fraction of sp³-hybridized carbons (Fsp3) is 0.458. The van der Waals surface area contributed by atoms with Crippen molar-refractivity contribution in [2.24, 2.45) is 0 Å². The van der Waals surface area contributed by atoms with Gasteiger partial charge in [-0.3, -0.25) is 4.79 Å². The van der Waals surface area contributed by atoms with E-state index < -0.39 is 5.97 Å². The average molecular weight is 385 g/mol. The lowest BCUT2D eigenvalue weighted by Gasteiger charge is -2.06. The quantitative estimate of drug-likeness (QED) is 0.304. The molecular formula is C24H36N2O2. The van der Waals surface area contributed by atoms with Crippen molar-refractivity contribution in [3.8, 4) is 11.1 Å². The minimum Gasteiger partial charge on any atom is -0.481 e. The number of carbonyl (C=O) groups is 1. The zero-order valence-corrected chi connectivity index (χ0v) is 17.2. The first kappa shape index (κ1) is 23.5. The third-order valence-corrected chi connectivity index (χ3v) is 4.66. The molecule has 0 saturated carbocycles. The van der Waals surface area contributed by atoms with Gasteiger partial charge in [0.1, 0.15) is 0 Å². The van der Waals surface area contributed by atoms with E-state index in [0.717, 1.165) is 35.3 Å². The largest absolute Gasteiger partial charge is 0.481 e. The summed E-state index contributed by atoms with van der Waals surface area (Å²) in [6, 6.07) is 15.5. The Hall–Kier alpha value is -2.49. The maximum Gasteiger partial charge on any atom is 0.303 e. The van der Waals surface area contributed by atoms with Crippen LogP contribution in [0, 0.1) is 0 Å². The summed E-state index contributed by atoms with van der Waals surface area (Å²) in [7, 11) is 0. The number of hydrogen-bond donors (Lipinski definition) is 3. The van der Waals surface area contributed by atoms with Crippen LogP contribution in [0.15, 0.2) is 48.5 Å². The monoisotopic (exact) mass is 384 g/mol. The molecule has 0 spiro atoms. The summed E-state index contributed by atoms with van der Waals surface area (Å²) in [5, 5.41) is 8.41. The molecule has 0 unspecified atom stereocenters. The van der Waals surface area contributed by atoms with Crippen molar-refractivity contribution in [1.82, 2.24) is 0 Å². The maximum absolute atomic E-state index is 10.2. The fourth-order valence-electron chi connectivity index (χ4n) is 3.03. The Labute approximate surface area is 170 Å². The van der Waals surface area contributed by atoms with Gasteiger partial charge in [0.15, 0.2) is 0 Å². The van der Waals surface area contributed by atoms with Gasteiger partial charge in [-0.05, 0) is 30.2 Å². The molecule has 0 aliphatic rings. The highest BCUT2D eigenvalue weighted by Gasteiger charge is 2.01. The van der Waals surface area contributed by atoms with Gasteiger partial charge in [-0.2, -0.15) is 0 Å². The van der Waals surface area contributed by atoms with E-state index >= 15 is 0 Å². The van der Waals surface area contributed by atoms with Gasteiger partial charge < -0.3 is 16.6 Å². The Morgan fingerprint density at radius 2 is 1.39 bits per heavy atom. The summed E-state index contributed by atoms with van der Waals surface area (Å²) >= 11 is 0. The second-order valence-electron chi connectivity index (χ2n) is 7.18. The highest BCUT2D eigenvalue weighted by molar-refractivity contribution is 5.79. The molecule has 0 fully saturated rings. The van der Waals surface area contributed by atoms with Crippen LogP contribution in [0.1, 0.15) is 71.1 Å². The number of anilines is 2. The molecule has 0 amide bonds. The molecule has 2 rings (SSSR count). The molecule has 2 aromatic rings. The summed E-state index contributed by atoms with van der Waals surface area (Å²) in [6.07, 6.45) is 11.5. The smallest absolute Gasteiger partial charge is 0.303 e. The van der Waals surface area contributed by atoms with Crippen molar-refractivity contribution in [2.75, 3.05) is 11.5 Å². The van der Waals surface area contributed by atoms with Gasteiger partial charge in [0.05, 0.1) is 0 Å². The molecule has 154 valence electrons. The number of benzene rings is 2. The maximum atomic E-state index is 10.2. The topological polar surface area (TPSA) is 89.3 Å². The van der Waals surface area contributed by atoms with E-state index in [1.54, 1.807) is 0 Å². The van der Waals surface area contributed by atoms with Crippen LogP contribution in [0.3, 0.4) is 0 Å². The van der Waals surface area contributed by atoms with E-state index in [1.165, 1.54) is 44.9 Å². The van der Waals surface area contributed by atoms with Gasteiger partial charge in [0.2, 0.25) is 0 Å². The molecular weight excluding hydrogens is 348 g/mol. The van der Waals surface area contributed by atoms with E-state index in [9.17, 15) is 4.79 Å². The number of unbranched alkanes of at least 4 members (excludes halogenated alkanes) is 8. The van der Waals surface area contributed by atoms with Crippen molar-refractivity contribution >= 4 is 17.3 Å². The molecule has 0 aliphatic carbocycles. The Balaban J connectivity index is 0.000000280. The molecule has 0 saturated heterocycles. The van der Waals surface area contributed by atoms with Crippen molar-refractivity contribution < 1.29 is 9.90 Å². The zero-order chi connectivity index (χ0) is 20.6. The van der Waals surface area contributed by atoms with Crippen LogP contribution in [0.5, 0.6) is 0 Å². The van der Waals surface area contributed by atoms with E-state index in [2.05, 4.69) is 6.92 Å². The molecule has 0 atom stereocenters. The lowest BCUT2D eigenvalue weighted by Crippen LogP contribution is -1.93. The summed E-state index contributed by atoms with van der Waals surface area (Å²) in [4.78, 5) is 10.2. The molecule has 0 radical (unpaired) electrons. The van der Waals surface area contributed by atoms with Gasteiger partial charge in [-0.15, -0.1) is 0 Å². The first-order valence-electron chi connectivity index (χ1n) is 10.5. The van der Waals surface area contributed by atoms with E-state index in [0.29, 0.717) is 6.42 Å². The van der Waals surface area contributed by atoms with Crippen molar-refractivity contribution in [1.29, 1.82) is 0 Å². The molecule has 5 N–H and O–H groups in total. The van der Waals surface area contributed by atoms with Crippen LogP contribution in [0.25, 0.3) is 11.1 Å². The Bertz CT molecular complexity index is 672. The summed E-state index contributed by atoms with van der Waals surface area (Å²) in [5.74, 6) is -0.659. The standard InChI is InChI=1S/C12H12N2.C12H24O2/c13-10-6-7-12(14)11(8-10)9-4-2-1-3-5-9;1-2-3-4-5-6-7-8-9-10-11-12(13)14/h1-8H,13-14H2;2-11H2,1H3,(H,13,14). The van der Waals surface area contributed by atoms with Crippen molar-refractivity contribution in [3.05, 3.63) is 48.5 Å². The lowest BCUT2D eigenvalue weighted by molar-refractivity contribution is -0.137. The zero-order valence-electron chi connectivity index (χ0n) is 17.2. The predicted molar refractivity (Wildman–Crippen MR) is 120 cm³/mol. The summed E-state index contributed by atoms with van der Waals surface area (Å²) < 4.78 is 0. The number of hydrogen-bond acceptors (Lipinski definition) is 3. The molecule has 0 aliphatic heterocycles. The number of aliphatic carboxylic acids is 1. The predicted octanol–water partition coefficient (Wildman–Crippen LogP) is 6.51. The SMILES string of the molecule is CCCCCCCCCCCC(=O)O.Nc1ccc(N)c(-c2ccccc2)c1. The Morgan fingerprint density at radius 1 is 0.821 bits per heavy atom. The summed E-state index contributed by atoms with van der Waals surface area (Å²) in [5.41, 5.74) is 15.2. The van der Waals surface area contributed by atoms with E-state index in [4.69, 9.17) is 16.6 Å². The van der Waals surface area contributed by atoms with Crippen LogP contribution < -0.4 is 11.5 Å². The molecule has 2 aromatic carbocycles. The molecule has 0 bridgehead atoms. The number of carboxylic acids is 1. The molecule has 4 heteroatoms. The average Bonchev–Trinajstić information content (AvgIpc) is 2.69. The van der Waals surface area contributed by atoms with Crippen LogP contribution >= 0.6 is 0 Å². The Kier molecular flexibility index (Phi) is 12.2. The second-order valence-corrected chi connectivity index (χ2v) is 7.18. The third kappa shape index (κ3) is 10.6. The van der Waals surface area contributed by atoms with E-state index in [1.807, 2.05) is 48.5 Å². The van der Waals surface area contributed by atoms with Crippen molar-refractivity contribution in [2.45, 2.75) is 71.1 Å². The molecule has 28 heavy (non-hydrogen) atoms. The normalized spacial score (nSPS) is 10.2. The van der Waals surface area contributed by atoms with Gasteiger partial charge >= 0.3 is 5.97 Å². The van der Waals surface area contributed by atoms with Gasteiger partial charge in [-0.25, -0.2) is 0 Å². The second kappa shape index (κ2) is 14.6. The molecule has 0 aromatic heterocycles. The minimum atomic E-state index is -0.659. The minimum absolute atomic E-state index is 0.343. The van der Waals surface area contributed by atoms with Crippen LogP contribution in [0.2, 0.25) is 0 Å². The van der Waals surface area contributed by atoms with Crippen LogP contribution in [-0.4, -0.2) is 11.1 Å². The van der Waals surface area contributed by atoms with Crippen LogP contribution in [-0.2, 0) is 4.79 Å². The lowest BCUT2D eigenvalue weighted by atomic mass is 10.0. The third-order valence-electron chi connectivity index (χ3n) is 4.66. The van der Waals surface area contributed by atoms with Gasteiger partial charge in [0, 0.05) is 23.4 Å². The fourth-order valence-corrected chi connectivity index (χ4v) is 3.03. The molecule has 0 heterocycles. The van der Waals surface area contributed by atoms with Gasteiger partial charge in [0.25, 0.3) is 0 Å². The highest BCUT2D eigenvalue weighted by atomic mass is 16.4. The molecule has 4 nitrogen and oxygen atoms in total. The highest BCUT2D eigenvalue weighted by Crippen LogP contribution is 2.27. The van der Waals surface area contributed by atoms with E-state index in [-0.39, 0.29) is 0 Å².